The van der Waals surface area contributed by atoms with Gasteiger partial charge >= 0.3 is 6.09 Å². The fraction of sp³-hybridized carbons (Fsp3) is 0.938. The zero-order valence-corrected chi connectivity index (χ0v) is 13.6. The zero-order chi connectivity index (χ0) is 15.3. The molecular formula is C16H31N3O2. The maximum Gasteiger partial charge on any atom is 0.409 e. The van der Waals surface area contributed by atoms with E-state index in [1.807, 2.05) is 11.8 Å². The van der Waals surface area contributed by atoms with Crippen molar-refractivity contribution in [2.75, 3.05) is 32.8 Å². The molecule has 5 heteroatoms. The van der Waals surface area contributed by atoms with Crippen LogP contribution in [0.25, 0.3) is 0 Å². The second-order valence-electron chi connectivity index (χ2n) is 6.90. The molecule has 1 unspecified atom stereocenters. The lowest BCUT2D eigenvalue weighted by atomic mass is 9.65. The van der Waals surface area contributed by atoms with Crippen molar-refractivity contribution in [3.8, 4) is 0 Å². The zero-order valence-electron chi connectivity index (χ0n) is 13.6. The third-order valence-corrected chi connectivity index (χ3v) is 5.05. The average Bonchev–Trinajstić information content (AvgIpc) is 2.84. The van der Waals surface area contributed by atoms with Crippen LogP contribution < -0.4 is 11.1 Å². The molecule has 2 rings (SSSR count). The highest BCUT2D eigenvalue weighted by Crippen LogP contribution is 2.48. The van der Waals surface area contributed by atoms with Gasteiger partial charge in [-0.1, -0.05) is 6.92 Å². The molecule has 122 valence electrons. The minimum Gasteiger partial charge on any atom is -0.450 e. The molecule has 2 fully saturated rings. The Balaban J connectivity index is 1.62. The predicted molar refractivity (Wildman–Crippen MR) is 84.1 cm³/mol. The number of ether oxygens (including phenoxy) is 1. The van der Waals surface area contributed by atoms with Crippen LogP contribution in [0.5, 0.6) is 0 Å². The Bertz CT molecular complexity index is 342. The first-order chi connectivity index (χ1) is 10.1. The first-order valence-corrected chi connectivity index (χ1v) is 8.44. The van der Waals surface area contributed by atoms with Crippen molar-refractivity contribution in [3.63, 3.8) is 0 Å². The number of amides is 1. The molecule has 1 spiro atoms. The lowest BCUT2D eigenvalue weighted by molar-refractivity contribution is 0.0761. The van der Waals surface area contributed by atoms with Crippen molar-refractivity contribution in [2.45, 2.75) is 52.0 Å². The second-order valence-corrected chi connectivity index (χ2v) is 6.90. The van der Waals surface area contributed by atoms with Crippen molar-refractivity contribution >= 4 is 6.09 Å². The predicted octanol–water partition coefficient (Wildman–Crippen LogP) is 1.96. The van der Waals surface area contributed by atoms with Crippen LogP contribution in [0.4, 0.5) is 4.79 Å². The van der Waals surface area contributed by atoms with Gasteiger partial charge in [-0.05, 0) is 63.5 Å². The van der Waals surface area contributed by atoms with Gasteiger partial charge in [0.05, 0.1) is 6.61 Å². The molecule has 3 N–H and O–H groups in total. The lowest BCUT2D eigenvalue weighted by Gasteiger charge is -2.45. The summed E-state index contributed by atoms with van der Waals surface area (Å²) in [5.41, 5.74) is 5.94. The first kappa shape index (κ1) is 16.6. The molecule has 1 saturated heterocycles. The summed E-state index contributed by atoms with van der Waals surface area (Å²) in [5, 5.41) is 3.65. The fourth-order valence-corrected chi connectivity index (χ4v) is 3.73. The monoisotopic (exact) mass is 297 g/mol. The molecule has 5 nitrogen and oxygen atoms in total. The van der Waals surface area contributed by atoms with Gasteiger partial charge in [-0.2, -0.15) is 0 Å². The van der Waals surface area contributed by atoms with Gasteiger partial charge in [-0.3, -0.25) is 0 Å². The van der Waals surface area contributed by atoms with E-state index in [4.69, 9.17) is 10.5 Å². The summed E-state index contributed by atoms with van der Waals surface area (Å²) in [7, 11) is 0. The van der Waals surface area contributed by atoms with Crippen molar-refractivity contribution in [1.29, 1.82) is 0 Å². The number of carbonyl (C=O) groups is 1. The van der Waals surface area contributed by atoms with Gasteiger partial charge in [0.2, 0.25) is 0 Å². The summed E-state index contributed by atoms with van der Waals surface area (Å²) >= 11 is 0. The van der Waals surface area contributed by atoms with E-state index in [-0.39, 0.29) is 6.09 Å². The van der Waals surface area contributed by atoms with Gasteiger partial charge in [0.25, 0.3) is 0 Å². The van der Waals surface area contributed by atoms with Crippen LogP contribution in [0.15, 0.2) is 0 Å². The minimum atomic E-state index is -0.138. The molecule has 0 aromatic heterocycles. The van der Waals surface area contributed by atoms with Crippen LogP contribution in [0, 0.1) is 11.3 Å². The highest BCUT2D eigenvalue weighted by molar-refractivity contribution is 5.68. The van der Waals surface area contributed by atoms with Crippen LogP contribution in [0.3, 0.4) is 0 Å². The fourth-order valence-electron chi connectivity index (χ4n) is 3.73. The van der Waals surface area contributed by atoms with Gasteiger partial charge in [0, 0.05) is 19.1 Å². The number of carbonyl (C=O) groups excluding carboxylic acids is 1. The Morgan fingerprint density at radius 1 is 1.48 bits per heavy atom. The molecule has 1 aliphatic heterocycles. The Hall–Kier alpha value is -0.810. The van der Waals surface area contributed by atoms with E-state index >= 15 is 0 Å². The molecule has 0 radical (unpaired) electrons. The number of hydrogen-bond acceptors (Lipinski definition) is 4. The minimum absolute atomic E-state index is 0.138. The van der Waals surface area contributed by atoms with E-state index in [1.54, 1.807) is 0 Å². The Morgan fingerprint density at radius 3 is 2.90 bits per heavy atom. The van der Waals surface area contributed by atoms with E-state index in [0.717, 1.165) is 39.0 Å². The van der Waals surface area contributed by atoms with Crippen molar-refractivity contribution < 1.29 is 9.53 Å². The summed E-state index contributed by atoms with van der Waals surface area (Å²) < 4.78 is 5.09. The van der Waals surface area contributed by atoms with Gasteiger partial charge < -0.3 is 20.7 Å². The Kier molecular flexibility index (Phi) is 5.88. The van der Waals surface area contributed by atoms with Crippen LogP contribution in [0.1, 0.15) is 46.0 Å². The molecule has 21 heavy (non-hydrogen) atoms. The summed E-state index contributed by atoms with van der Waals surface area (Å²) in [6, 6.07) is 0.636. The summed E-state index contributed by atoms with van der Waals surface area (Å²) in [6.07, 6.45) is 5.72. The van der Waals surface area contributed by atoms with Crippen LogP contribution >= 0.6 is 0 Å². The van der Waals surface area contributed by atoms with Gasteiger partial charge in [-0.25, -0.2) is 4.79 Å². The maximum atomic E-state index is 11.7. The van der Waals surface area contributed by atoms with Gasteiger partial charge in [0.15, 0.2) is 0 Å². The molecule has 1 aliphatic carbocycles. The SMILES string of the molecule is CCOC(=O)N1CCC2(CC(NCCC(C)CCN)C2)C1. The molecule has 0 bridgehead atoms. The molecule has 0 aromatic rings. The molecule has 0 aromatic carbocycles. The highest BCUT2D eigenvalue weighted by Gasteiger charge is 2.49. The Labute approximate surface area is 128 Å². The number of nitrogens with zero attached hydrogens (tertiary/aromatic N) is 1. The van der Waals surface area contributed by atoms with E-state index in [1.165, 1.54) is 19.3 Å². The molecular weight excluding hydrogens is 266 g/mol. The van der Waals surface area contributed by atoms with Gasteiger partial charge in [0.1, 0.15) is 0 Å². The number of hydrogen-bond donors (Lipinski definition) is 2. The average molecular weight is 297 g/mol. The molecule has 1 atom stereocenters. The standard InChI is InChI=1S/C16H31N3O2/c1-3-21-15(20)19-9-6-16(12-19)10-14(11-16)18-8-5-13(2)4-7-17/h13-14,18H,3-12,17H2,1-2H3. The van der Waals surface area contributed by atoms with E-state index in [2.05, 4.69) is 12.2 Å². The first-order valence-electron chi connectivity index (χ1n) is 8.44. The summed E-state index contributed by atoms with van der Waals surface area (Å²) in [6.45, 7) is 8.21. The Morgan fingerprint density at radius 2 is 2.24 bits per heavy atom. The number of nitrogens with one attached hydrogen (secondary N) is 1. The summed E-state index contributed by atoms with van der Waals surface area (Å²) in [4.78, 5) is 13.6. The van der Waals surface area contributed by atoms with E-state index in [0.29, 0.717) is 24.0 Å². The van der Waals surface area contributed by atoms with Crippen LogP contribution in [-0.2, 0) is 4.74 Å². The van der Waals surface area contributed by atoms with E-state index < -0.39 is 0 Å². The third kappa shape index (κ3) is 4.33. The maximum absolute atomic E-state index is 11.7. The third-order valence-electron chi connectivity index (χ3n) is 5.05. The van der Waals surface area contributed by atoms with Gasteiger partial charge in [-0.15, -0.1) is 0 Å². The molecule has 1 amide bonds. The number of likely N-dealkylation sites (tertiary alicyclic amines) is 1. The van der Waals surface area contributed by atoms with Crippen molar-refractivity contribution in [1.82, 2.24) is 10.2 Å². The lowest BCUT2D eigenvalue weighted by Crippen LogP contribution is -2.50. The second kappa shape index (κ2) is 7.45. The van der Waals surface area contributed by atoms with E-state index in [9.17, 15) is 4.79 Å². The number of rotatable bonds is 7. The number of nitrogens with two attached hydrogens (primary N) is 1. The molecule has 1 heterocycles. The topological polar surface area (TPSA) is 67.6 Å². The van der Waals surface area contributed by atoms with Crippen LogP contribution in [0.2, 0.25) is 0 Å². The summed E-state index contributed by atoms with van der Waals surface area (Å²) in [5.74, 6) is 0.710. The molecule has 1 saturated carbocycles. The van der Waals surface area contributed by atoms with Crippen molar-refractivity contribution in [2.24, 2.45) is 17.1 Å². The smallest absolute Gasteiger partial charge is 0.409 e. The molecule has 2 aliphatic rings. The normalized spacial score (nSPS) is 29.5. The van der Waals surface area contributed by atoms with Crippen molar-refractivity contribution in [3.05, 3.63) is 0 Å². The van der Waals surface area contributed by atoms with Crippen LogP contribution in [-0.4, -0.2) is 49.8 Å². The quantitative estimate of drug-likeness (QED) is 0.754. The highest BCUT2D eigenvalue weighted by atomic mass is 16.6. The largest absolute Gasteiger partial charge is 0.450 e.